The zero-order chi connectivity index (χ0) is 10.7. The van der Waals surface area contributed by atoms with Crippen molar-refractivity contribution in [3.63, 3.8) is 0 Å². The van der Waals surface area contributed by atoms with Gasteiger partial charge < -0.3 is 4.52 Å². The molecule has 0 amide bonds. The van der Waals surface area contributed by atoms with Gasteiger partial charge in [-0.25, -0.2) is 9.97 Å². The first-order valence-electron chi connectivity index (χ1n) is 4.48. The van der Waals surface area contributed by atoms with E-state index in [4.69, 9.17) is 16.1 Å². The molecule has 2 rings (SSSR count). The normalized spacial score (nSPS) is 10.5. The summed E-state index contributed by atoms with van der Waals surface area (Å²) in [6, 6.07) is 1.74. The third-order valence-corrected chi connectivity index (χ3v) is 1.97. The van der Waals surface area contributed by atoms with Crippen LogP contribution in [0.1, 0.15) is 11.7 Å². The van der Waals surface area contributed by atoms with Gasteiger partial charge in [-0.2, -0.15) is 4.98 Å². The fourth-order valence-corrected chi connectivity index (χ4v) is 1.28. The molecule has 5 nitrogen and oxygen atoms in total. The van der Waals surface area contributed by atoms with Gasteiger partial charge in [-0.3, -0.25) is 0 Å². The van der Waals surface area contributed by atoms with Gasteiger partial charge in [-0.15, -0.1) is 11.6 Å². The molecule has 15 heavy (non-hydrogen) atoms. The maximum atomic E-state index is 5.56. The fourth-order valence-electron chi connectivity index (χ4n) is 1.12. The lowest BCUT2D eigenvalue weighted by Gasteiger charge is -1.93. The van der Waals surface area contributed by atoms with Crippen molar-refractivity contribution in [1.29, 1.82) is 0 Å². The zero-order valence-electron chi connectivity index (χ0n) is 8.14. The number of aryl methyl sites for hydroxylation is 2. The van der Waals surface area contributed by atoms with Crippen molar-refractivity contribution >= 4 is 11.6 Å². The van der Waals surface area contributed by atoms with Crippen LogP contribution in [0.2, 0.25) is 0 Å². The van der Waals surface area contributed by atoms with Gasteiger partial charge >= 0.3 is 0 Å². The number of hydrogen-bond donors (Lipinski definition) is 0. The predicted octanol–water partition coefficient (Wildman–Crippen LogP) is 1.62. The second-order valence-electron chi connectivity index (χ2n) is 2.94. The highest BCUT2D eigenvalue weighted by Gasteiger charge is 2.09. The molecule has 0 spiro atoms. The Labute approximate surface area is 91.5 Å². The molecule has 0 aliphatic rings. The quantitative estimate of drug-likeness (QED) is 0.742. The van der Waals surface area contributed by atoms with Gasteiger partial charge in [-0.1, -0.05) is 5.16 Å². The number of hydrogen-bond acceptors (Lipinski definition) is 5. The molecule has 6 heteroatoms. The predicted molar refractivity (Wildman–Crippen MR) is 54.5 cm³/mol. The van der Waals surface area contributed by atoms with Crippen LogP contribution in [0, 0.1) is 6.92 Å². The van der Waals surface area contributed by atoms with Crippen molar-refractivity contribution in [2.75, 3.05) is 5.88 Å². The van der Waals surface area contributed by atoms with E-state index in [2.05, 4.69) is 20.1 Å². The first-order chi connectivity index (χ1) is 7.29. The topological polar surface area (TPSA) is 64.7 Å². The minimum atomic E-state index is 0.463. The Balaban J connectivity index is 2.29. The van der Waals surface area contributed by atoms with Crippen molar-refractivity contribution in [1.82, 2.24) is 20.1 Å². The number of aromatic nitrogens is 4. The van der Waals surface area contributed by atoms with Gasteiger partial charge in [-0.05, 0) is 13.0 Å². The lowest BCUT2D eigenvalue weighted by atomic mass is 10.4. The van der Waals surface area contributed by atoms with E-state index in [1.54, 1.807) is 12.3 Å². The average molecular weight is 225 g/mol. The van der Waals surface area contributed by atoms with Crippen molar-refractivity contribution in [3.05, 3.63) is 24.0 Å². The summed E-state index contributed by atoms with van der Waals surface area (Å²) in [6.07, 6.45) is 2.23. The molecule has 0 atom stereocenters. The number of halogens is 1. The van der Waals surface area contributed by atoms with Gasteiger partial charge in [0.25, 0.3) is 0 Å². The second-order valence-corrected chi connectivity index (χ2v) is 3.32. The van der Waals surface area contributed by atoms with Crippen LogP contribution in [-0.2, 0) is 6.42 Å². The summed E-state index contributed by atoms with van der Waals surface area (Å²) in [5, 5.41) is 3.81. The summed E-state index contributed by atoms with van der Waals surface area (Å²) in [5.74, 6) is 2.14. The van der Waals surface area contributed by atoms with Gasteiger partial charge in [0.15, 0.2) is 0 Å². The Kier molecular flexibility index (Phi) is 2.91. The summed E-state index contributed by atoms with van der Waals surface area (Å²) in [4.78, 5) is 12.3. The minimum absolute atomic E-state index is 0.463. The van der Waals surface area contributed by atoms with Crippen molar-refractivity contribution in [2.24, 2.45) is 0 Å². The Morgan fingerprint density at radius 1 is 1.40 bits per heavy atom. The van der Waals surface area contributed by atoms with Crippen LogP contribution in [0.3, 0.4) is 0 Å². The molecule has 0 aliphatic heterocycles. The Morgan fingerprint density at radius 2 is 2.27 bits per heavy atom. The smallest absolute Gasteiger partial charge is 0.228 e. The Bertz CT molecular complexity index is 457. The number of nitrogens with zero attached hydrogens (tertiary/aromatic N) is 4. The van der Waals surface area contributed by atoms with Crippen LogP contribution in [0.4, 0.5) is 0 Å². The third kappa shape index (κ3) is 2.30. The maximum absolute atomic E-state index is 5.56. The molecule has 0 aliphatic carbocycles. The number of rotatable bonds is 3. The maximum Gasteiger partial charge on any atom is 0.228 e. The lowest BCUT2D eigenvalue weighted by Crippen LogP contribution is -1.91. The van der Waals surface area contributed by atoms with Gasteiger partial charge in [0.05, 0.1) is 0 Å². The van der Waals surface area contributed by atoms with E-state index in [0.29, 0.717) is 35.5 Å². The third-order valence-electron chi connectivity index (χ3n) is 1.78. The second kappa shape index (κ2) is 4.35. The molecule has 0 N–H and O–H groups in total. The van der Waals surface area contributed by atoms with Crippen molar-refractivity contribution < 1.29 is 4.52 Å². The molecule has 0 saturated carbocycles. The van der Waals surface area contributed by atoms with E-state index in [-0.39, 0.29) is 0 Å². The molecule has 0 unspecified atom stereocenters. The molecular weight excluding hydrogens is 216 g/mol. The van der Waals surface area contributed by atoms with E-state index in [1.807, 2.05) is 6.92 Å². The van der Waals surface area contributed by atoms with Gasteiger partial charge in [0, 0.05) is 18.5 Å². The molecule has 0 fully saturated rings. The molecule has 78 valence electrons. The highest BCUT2D eigenvalue weighted by molar-refractivity contribution is 6.17. The van der Waals surface area contributed by atoms with E-state index >= 15 is 0 Å². The minimum Gasteiger partial charge on any atom is -0.339 e. The van der Waals surface area contributed by atoms with Crippen LogP contribution in [0.25, 0.3) is 11.5 Å². The average Bonchev–Trinajstić information content (AvgIpc) is 2.67. The molecule has 0 bridgehead atoms. The molecule has 2 aromatic heterocycles. The molecule has 2 aromatic rings. The van der Waals surface area contributed by atoms with E-state index < -0.39 is 0 Å². The van der Waals surface area contributed by atoms with Gasteiger partial charge in [0.2, 0.25) is 11.7 Å². The molecular formula is C9H9ClN4O. The summed E-state index contributed by atoms with van der Waals surface area (Å²) >= 11 is 5.56. The highest BCUT2D eigenvalue weighted by atomic mass is 35.5. The van der Waals surface area contributed by atoms with E-state index in [0.717, 1.165) is 0 Å². The van der Waals surface area contributed by atoms with Crippen LogP contribution in [0.15, 0.2) is 16.8 Å². The molecule has 0 aromatic carbocycles. The van der Waals surface area contributed by atoms with Crippen molar-refractivity contribution in [3.8, 4) is 11.5 Å². The summed E-state index contributed by atoms with van der Waals surface area (Å²) in [7, 11) is 0. The lowest BCUT2D eigenvalue weighted by molar-refractivity contribution is 0.383. The SMILES string of the molecule is Cc1nccc(-c2noc(CCCl)n2)n1. The Hall–Kier alpha value is -1.49. The van der Waals surface area contributed by atoms with Crippen LogP contribution >= 0.6 is 11.6 Å². The molecule has 0 radical (unpaired) electrons. The fraction of sp³-hybridized carbons (Fsp3) is 0.333. The van der Waals surface area contributed by atoms with E-state index in [1.165, 1.54) is 0 Å². The summed E-state index contributed by atoms with van der Waals surface area (Å²) < 4.78 is 4.99. The monoisotopic (exact) mass is 224 g/mol. The highest BCUT2D eigenvalue weighted by Crippen LogP contribution is 2.12. The van der Waals surface area contributed by atoms with Crippen molar-refractivity contribution in [2.45, 2.75) is 13.3 Å². The largest absolute Gasteiger partial charge is 0.339 e. The Morgan fingerprint density at radius 3 is 3.00 bits per heavy atom. The van der Waals surface area contributed by atoms with Gasteiger partial charge in [0.1, 0.15) is 11.5 Å². The summed E-state index contributed by atoms with van der Waals surface area (Å²) in [5.41, 5.74) is 0.659. The van der Waals surface area contributed by atoms with Crippen LogP contribution in [0.5, 0.6) is 0 Å². The first kappa shape index (κ1) is 10.0. The zero-order valence-corrected chi connectivity index (χ0v) is 8.90. The number of alkyl halides is 1. The molecule has 2 heterocycles. The molecule has 0 saturated heterocycles. The van der Waals surface area contributed by atoms with Crippen LogP contribution < -0.4 is 0 Å². The van der Waals surface area contributed by atoms with E-state index in [9.17, 15) is 0 Å². The van der Waals surface area contributed by atoms with Crippen LogP contribution in [-0.4, -0.2) is 26.0 Å². The summed E-state index contributed by atoms with van der Waals surface area (Å²) in [6.45, 7) is 1.81. The first-order valence-corrected chi connectivity index (χ1v) is 5.01. The standard InChI is InChI=1S/C9H9ClN4O/c1-6-11-5-3-7(12-6)9-13-8(2-4-10)15-14-9/h3,5H,2,4H2,1H3.